The van der Waals surface area contributed by atoms with E-state index in [9.17, 15) is 9.90 Å². The van der Waals surface area contributed by atoms with Crippen molar-refractivity contribution < 1.29 is 14.6 Å². The van der Waals surface area contributed by atoms with Gasteiger partial charge in [0.15, 0.2) is 11.4 Å². The molecule has 106 valence electrons. The van der Waals surface area contributed by atoms with Gasteiger partial charge in [0.25, 0.3) is 0 Å². The van der Waals surface area contributed by atoms with Crippen molar-refractivity contribution in [3.8, 4) is 17.6 Å². The summed E-state index contributed by atoms with van der Waals surface area (Å²) in [5.74, 6) is -0.338. The van der Waals surface area contributed by atoms with Crippen LogP contribution in [0.2, 0.25) is 0 Å². The number of nitriles is 1. The summed E-state index contributed by atoms with van der Waals surface area (Å²) >= 11 is 0. The molecule has 0 saturated heterocycles. The van der Waals surface area contributed by atoms with Gasteiger partial charge in [0, 0.05) is 5.92 Å². The Hall–Kier alpha value is -2.94. The molecule has 0 aliphatic carbocycles. The minimum Gasteiger partial charge on any atom is -0.476 e. The third-order valence-electron chi connectivity index (χ3n) is 2.68. The van der Waals surface area contributed by atoms with Crippen molar-refractivity contribution in [3.05, 3.63) is 47.5 Å². The van der Waals surface area contributed by atoms with Gasteiger partial charge >= 0.3 is 5.97 Å². The molecule has 2 rings (SSSR count). The number of nitrogens with zero attached hydrogens (tertiary/aromatic N) is 3. The zero-order valence-electron chi connectivity index (χ0n) is 11.6. The first-order valence-corrected chi connectivity index (χ1v) is 6.29. The standard InChI is InChI=1S/C15H13N3O3/c1-9(2)14-17-8-12(13(18-14)15(19)20)21-11-5-3-4-10(6-11)7-16/h3-6,8-9H,1-2H3,(H,19,20). The molecule has 1 N–H and O–H groups in total. The molecule has 0 radical (unpaired) electrons. The second kappa shape index (κ2) is 6.01. The Bertz CT molecular complexity index is 720. The maximum absolute atomic E-state index is 11.3. The Labute approximate surface area is 121 Å². The quantitative estimate of drug-likeness (QED) is 0.926. The topological polar surface area (TPSA) is 96.1 Å². The van der Waals surface area contributed by atoms with E-state index in [1.165, 1.54) is 12.3 Å². The van der Waals surface area contributed by atoms with Crippen molar-refractivity contribution in [3.63, 3.8) is 0 Å². The van der Waals surface area contributed by atoms with Gasteiger partial charge in [0.2, 0.25) is 0 Å². The Kier molecular flexibility index (Phi) is 4.14. The van der Waals surface area contributed by atoms with Gasteiger partial charge in [-0.05, 0) is 18.2 Å². The molecular weight excluding hydrogens is 270 g/mol. The Morgan fingerprint density at radius 1 is 1.43 bits per heavy atom. The summed E-state index contributed by atoms with van der Waals surface area (Å²) in [6.45, 7) is 3.75. The molecular formula is C15H13N3O3. The van der Waals surface area contributed by atoms with Gasteiger partial charge in [0.1, 0.15) is 11.6 Å². The second-order valence-electron chi connectivity index (χ2n) is 4.64. The predicted molar refractivity (Wildman–Crippen MR) is 74.3 cm³/mol. The lowest BCUT2D eigenvalue weighted by Gasteiger charge is -2.10. The van der Waals surface area contributed by atoms with E-state index in [0.29, 0.717) is 17.1 Å². The molecule has 1 aromatic heterocycles. The number of carboxylic acid groups (broad SMARTS) is 1. The minimum atomic E-state index is -1.19. The smallest absolute Gasteiger partial charge is 0.358 e. The van der Waals surface area contributed by atoms with Crippen LogP contribution in [0.4, 0.5) is 0 Å². The average molecular weight is 283 g/mol. The number of carbonyl (C=O) groups is 1. The molecule has 0 saturated carbocycles. The van der Waals surface area contributed by atoms with Crippen LogP contribution in [0.15, 0.2) is 30.5 Å². The summed E-state index contributed by atoms with van der Waals surface area (Å²) in [5, 5.41) is 18.1. The Balaban J connectivity index is 2.39. The van der Waals surface area contributed by atoms with E-state index in [1.807, 2.05) is 19.9 Å². The molecule has 0 aliphatic rings. The number of aromatic nitrogens is 2. The number of carboxylic acids is 1. The summed E-state index contributed by atoms with van der Waals surface area (Å²) in [5.41, 5.74) is 0.222. The fourth-order valence-electron chi connectivity index (χ4n) is 1.65. The van der Waals surface area contributed by atoms with Crippen molar-refractivity contribution >= 4 is 5.97 Å². The van der Waals surface area contributed by atoms with Crippen LogP contribution in [-0.4, -0.2) is 21.0 Å². The van der Waals surface area contributed by atoms with Crippen LogP contribution in [0.5, 0.6) is 11.5 Å². The Morgan fingerprint density at radius 2 is 2.19 bits per heavy atom. The van der Waals surface area contributed by atoms with Crippen LogP contribution < -0.4 is 4.74 Å². The Morgan fingerprint density at radius 3 is 2.81 bits per heavy atom. The summed E-state index contributed by atoms with van der Waals surface area (Å²) in [7, 11) is 0. The van der Waals surface area contributed by atoms with E-state index >= 15 is 0 Å². The fraction of sp³-hybridized carbons (Fsp3) is 0.200. The lowest BCUT2D eigenvalue weighted by molar-refractivity contribution is 0.0686. The van der Waals surface area contributed by atoms with Crippen LogP contribution in [0.3, 0.4) is 0 Å². The normalized spacial score (nSPS) is 10.2. The van der Waals surface area contributed by atoms with E-state index in [1.54, 1.807) is 18.2 Å². The molecule has 6 heteroatoms. The van der Waals surface area contributed by atoms with Crippen molar-refractivity contribution in [1.29, 1.82) is 5.26 Å². The van der Waals surface area contributed by atoms with E-state index in [0.717, 1.165) is 0 Å². The summed E-state index contributed by atoms with van der Waals surface area (Å²) in [6.07, 6.45) is 1.34. The van der Waals surface area contributed by atoms with E-state index in [2.05, 4.69) is 9.97 Å². The molecule has 21 heavy (non-hydrogen) atoms. The molecule has 0 atom stereocenters. The molecule has 0 spiro atoms. The summed E-state index contributed by atoms with van der Waals surface area (Å²) in [6, 6.07) is 8.41. The molecule has 0 amide bonds. The summed E-state index contributed by atoms with van der Waals surface area (Å²) < 4.78 is 5.49. The third-order valence-corrected chi connectivity index (χ3v) is 2.68. The molecule has 1 aromatic carbocycles. The number of hydrogen-bond donors (Lipinski definition) is 1. The highest BCUT2D eigenvalue weighted by molar-refractivity contribution is 5.88. The second-order valence-corrected chi connectivity index (χ2v) is 4.64. The minimum absolute atomic E-state index is 0.0130. The third kappa shape index (κ3) is 3.34. The predicted octanol–water partition coefficient (Wildman–Crippen LogP) is 2.96. The molecule has 2 aromatic rings. The van der Waals surface area contributed by atoms with Crippen molar-refractivity contribution in [1.82, 2.24) is 9.97 Å². The van der Waals surface area contributed by atoms with Crippen LogP contribution in [0.1, 0.15) is 41.6 Å². The monoisotopic (exact) mass is 283 g/mol. The van der Waals surface area contributed by atoms with Crippen molar-refractivity contribution in [2.75, 3.05) is 0 Å². The van der Waals surface area contributed by atoms with Gasteiger partial charge in [-0.25, -0.2) is 14.8 Å². The van der Waals surface area contributed by atoms with Crippen LogP contribution >= 0.6 is 0 Å². The van der Waals surface area contributed by atoms with Crippen LogP contribution in [0, 0.1) is 11.3 Å². The zero-order chi connectivity index (χ0) is 15.4. The van der Waals surface area contributed by atoms with Gasteiger partial charge in [-0.1, -0.05) is 19.9 Å². The lowest BCUT2D eigenvalue weighted by Crippen LogP contribution is -2.08. The summed E-state index contributed by atoms with van der Waals surface area (Å²) in [4.78, 5) is 19.4. The van der Waals surface area contributed by atoms with E-state index < -0.39 is 5.97 Å². The highest BCUT2D eigenvalue weighted by atomic mass is 16.5. The van der Waals surface area contributed by atoms with Crippen LogP contribution in [-0.2, 0) is 0 Å². The zero-order valence-corrected chi connectivity index (χ0v) is 11.6. The molecule has 0 aliphatic heterocycles. The van der Waals surface area contributed by atoms with Gasteiger partial charge in [-0.15, -0.1) is 0 Å². The van der Waals surface area contributed by atoms with Gasteiger partial charge in [0.05, 0.1) is 17.8 Å². The first-order chi connectivity index (χ1) is 10.0. The number of aromatic carboxylic acids is 1. The average Bonchev–Trinajstić information content (AvgIpc) is 2.47. The number of ether oxygens (including phenoxy) is 1. The number of hydrogen-bond acceptors (Lipinski definition) is 5. The van der Waals surface area contributed by atoms with Gasteiger partial charge in [-0.2, -0.15) is 5.26 Å². The number of benzene rings is 1. The van der Waals surface area contributed by atoms with Crippen LogP contribution in [0.25, 0.3) is 0 Å². The van der Waals surface area contributed by atoms with Crippen molar-refractivity contribution in [2.24, 2.45) is 0 Å². The maximum atomic E-state index is 11.3. The molecule has 0 fully saturated rings. The van der Waals surface area contributed by atoms with E-state index in [-0.39, 0.29) is 17.4 Å². The fourth-order valence-corrected chi connectivity index (χ4v) is 1.65. The first-order valence-electron chi connectivity index (χ1n) is 6.29. The molecule has 1 heterocycles. The van der Waals surface area contributed by atoms with E-state index in [4.69, 9.17) is 10.00 Å². The molecule has 0 bridgehead atoms. The molecule has 6 nitrogen and oxygen atoms in total. The first kappa shape index (κ1) is 14.5. The van der Waals surface area contributed by atoms with Crippen molar-refractivity contribution in [2.45, 2.75) is 19.8 Å². The largest absolute Gasteiger partial charge is 0.476 e. The molecule has 0 unspecified atom stereocenters. The SMILES string of the molecule is CC(C)c1ncc(Oc2cccc(C#N)c2)c(C(=O)O)n1. The van der Waals surface area contributed by atoms with Gasteiger partial charge in [-0.3, -0.25) is 0 Å². The lowest BCUT2D eigenvalue weighted by atomic mass is 10.2. The van der Waals surface area contributed by atoms with Gasteiger partial charge < -0.3 is 9.84 Å². The highest BCUT2D eigenvalue weighted by Gasteiger charge is 2.17. The number of rotatable bonds is 4. The maximum Gasteiger partial charge on any atom is 0.358 e. The highest BCUT2D eigenvalue weighted by Crippen LogP contribution is 2.25.